The highest BCUT2D eigenvalue weighted by Gasteiger charge is 2.22. The van der Waals surface area contributed by atoms with Crippen molar-refractivity contribution in [2.24, 2.45) is 0 Å². The fourth-order valence-corrected chi connectivity index (χ4v) is 1.87. The van der Waals surface area contributed by atoms with Crippen LogP contribution in [0, 0.1) is 10.1 Å². The largest absolute Gasteiger partial charge is 0.477 e. The minimum atomic E-state index is -1.38. The molecular formula is C13H17N3O5. The predicted octanol–water partition coefficient (Wildman–Crippen LogP) is 1.26. The quantitative estimate of drug-likeness (QED) is 0.578. The first kappa shape index (κ1) is 16.4. The number of nitro groups is 1. The summed E-state index contributed by atoms with van der Waals surface area (Å²) < 4.78 is 0. The van der Waals surface area contributed by atoms with Crippen molar-refractivity contribution in [1.29, 1.82) is 0 Å². The van der Waals surface area contributed by atoms with Crippen molar-refractivity contribution >= 4 is 23.3 Å². The number of likely N-dealkylation sites (N-methyl/N-ethyl adjacent to an activating group) is 1. The number of hydrogen-bond acceptors (Lipinski definition) is 5. The molecule has 1 aromatic rings. The van der Waals surface area contributed by atoms with E-state index < -0.39 is 22.1 Å². The topological polar surface area (TPSA) is 113 Å². The van der Waals surface area contributed by atoms with Gasteiger partial charge in [-0.2, -0.15) is 0 Å². The molecule has 0 aliphatic rings. The molecule has 2 N–H and O–H groups in total. The molecule has 0 aromatic heterocycles. The third-order valence-electron chi connectivity index (χ3n) is 2.88. The van der Waals surface area contributed by atoms with Crippen LogP contribution in [-0.2, 0) is 4.79 Å². The summed E-state index contributed by atoms with van der Waals surface area (Å²) in [5.41, 5.74) is -0.401. The first-order valence-electron chi connectivity index (χ1n) is 6.38. The van der Waals surface area contributed by atoms with Gasteiger partial charge in [0.05, 0.1) is 11.5 Å². The number of amides is 1. The number of nitrogens with one attached hydrogen (secondary N) is 1. The number of carboxylic acid groups (broad SMARTS) is 1. The van der Waals surface area contributed by atoms with Crippen molar-refractivity contribution in [3.8, 4) is 0 Å². The summed E-state index contributed by atoms with van der Waals surface area (Å²) in [6.07, 6.45) is 0.746. The molecule has 0 saturated heterocycles. The Morgan fingerprint density at radius 3 is 2.57 bits per heavy atom. The lowest BCUT2D eigenvalue weighted by Crippen LogP contribution is -2.36. The molecule has 0 spiro atoms. The smallest absolute Gasteiger partial charge is 0.342 e. The van der Waals surface area contributed by atoms with Crippen molar-refractivity contribution in [2.45, 2.75) is 13.3 Å². The summed E-state index contributed by atoms with van der Waals surface area (Å²) in [4.78, 5) is 34.4. The molecule has 0 aliphatic carbocycles. The van der Waals surface area contributed by atoms with E-state index in [1.807, 2.05) is 6.92 Å². The van der Waals surface area contributed by atoms with Crippen LogP contribution in [0.4, 0.5) is 11.4 Å². The van der Waals surface area contributed by atoms with E-state index >= 15 is 0 Å². The highest BCUT2D eigenvalue weighted by atomic mass is 16.6. The van der Waals surface area contributed by atoms with E-state index in [4.69, 9.17) is 5.11 Å². The van der Waals surface area contributed by atoms with Crippen LogP contribution in [0.15, 0.2) is 18.2 Å². The summed E-state index contributed by atoms with van der Waals surface area (Å²) in [6, 6.07) is 3.81. The van der Waals surface area contributed by atoms with E-state index in [1.165, 1.54) is 19.2 Å². The molecule has 1 rings (SSSR count). The van der Waals surface area contributed by atoms with Gasteiger partial charge in [0.25, 0.3) is 5.69 Å². The second kappa shape index (κ2) is 7.22. The Bertz CT molecular complexity index is 559. The zero-order chi connectivity index (χ0) is 16.0. The average Bonchev–Trinajstić information content (AvgIpc) is 2.45. The molecule has 0 unspecified atom stereocenters. The molecule has 8 nitrogen and oxygen atoms in total. The number of carbonyl (C=O) groups excluding carboxylic acids is 1. The number of nitro benzene ring substituents is 1. The van der Waals surface area contributed by atoms with Gasteiger partial charge in [-0.05, 0) is 18.6 Å². The normalized spacial score (nSPS) is 10.0. The van der Waals surface area contributed by atoms with Crippen molar-refractivity contribution in [3.05, 3.63) is 33.9 Å². The van der Waals surface area contributed by atoms with E-state index in [-0.39, 0.29) is 12.5 Å². The van der Waals surface area contributed by atoms with E-state index in [0.717, 1.165) is 12.5 Å². The maximum absolute atomic E-state index is 11.5. The van der Waals surface area contributed by atoms with E-state index in [0.29, 0.717) is 12.2 Å². The molecule has 0 fully saturated rings. The minimum absolute atomic E-state index is 0.0568. The highest BCUT2D eigenvalue weighted by Crippen LogP contribution is 2.25. The zero-order valence-electron chi connectivity index (χ0n) is 11.8. The monoisotopic (exact) mass is 295 g/mol. The Hall–Kier alpha value is -2.64. The number of rotatable bonds is 7. The number of benzene rings is 1. The lowest BCUT2D eigenvalue weighted by Gasteiger charge is -2.23. The molecule has 8 heteroatoms. The molecule has 1 amide bonds. The summed E-state index contributed by atoms with van der Waals surface area (Å²) in [5.74, 6) is -1.60. The molecule has 1 aromatic carbocycles. The maximum atomic E-state index is 11.5. The number of carboxylic acids is 1. The number of carbonyl (C=O) groups is 2. The Morgan fingerprint density at radius 1 is 1.43 bits per heavy atom. The summed E-state index contributed by atoms with van der Waals surface area (Å²) >= 11 is 0. The Morgan fingerprint density at radius 2 is 2.10 bits per heavy atom. The summed E-state index contributed by atoms with van der Waals surface area (Å²) in [6.45, 7) is 2.51. The molecule has 0 bridgehead atoms. The Kier molecular flexibility index (Phi) is 5.65. The lowest BCUT2D eigenvalue weighted by molar-refractivity contribution is -0.385. The van der Waals surface area contributed by atoms with Crippen LogP contribution in [0.2, 0.25) is 0 Å². The first-order chi connectivity index (χ1) is 9.90. The van der Waals surface area contributed by atoms with Crippen molar-refractivity contribution in [2.75, 3.05) is 25.0 Å². The van der Waals surface area contributed by atoms with Crippen LogP contribution < -0.4 is 10.2 Å². The second-order valence-electron chi connectivity index (χ2n) is 4.36. The fraction of sp³-hybridized carbons (Fsp3) is 0.385. The van der Waals surface area contributed by atoms with Gasteiger partial charge in [0.2, 0.25) is 5.91 Å². The number of nitrogens with zero attached hydrogens (tertiary/aromatic N) is 2. The van der Waals surface area contributed by atoms with Crippen LogP contribution in [-0.4, -0.2) is 42.0 Å². The van der Waals surface area contributed by atoms with Gasteiger partial charge in [-0.1, -0.05) is 6.92 Å². The second-order valence-corrected chi connectivity index (χ2v) is 4.36. The first-order valence-corrected chi connectivity index (χ1v) is 6.38. The van der Waals surface area contributed by atoms with E-state index in [2.05, 4.69) is 5.32 Å². The Labute approximate surface area is 121 Å². The lowest BCUT2D eigenvalue weighted by atomic mass is 10.1. The maximum Gasteiger partial charge on any atom is 0.342 e. The molecule has 0 aliphatic heterocycles. The molecule has 0 atom stereocenters. The Balaban J connectivity index is 3.20. The van der Waals surface area contributed by atoms with Crippen molar-refractivity contribution in [1.82, 2.24) is 5.32 Å². The van der Waals surface area contributed by atoms with Gasteiger partial charge in [-0.15, -0.1) is 0 Å². The zero-order valence-corrected chi connectivity index (χ0v) is 11.8. The molecule has 0 saturated carbocycles. The fourth-order valence-electron chi connectivity index (χ4n) is 1.87. The molecular weight excluding hydrogens is 278 g/mol. The van der Waals surface area contributed by atoms with Gasteiger partial charge in [-0.3, -0.25) is 14.9 Å². The number of aromatic carboxylic acids is 1. The van der Waals surface area contributed by atoms with Crippen LogP contribution in [0.3, 0.4) is 0 Å². The number of hydrogen-bond donors (Lipinski definition) is 2. The molecule has 114 valence electrons. The minimum Gasteiger partial charge on any atom is -0.477 e. The van der Waals surface area contributed by atoms with Crippen LogP contribution >= 0.6 is 0 Å². The molecule has 21 heavy (non-hydrogen) atoms. The van der Waals surface area contributed by atoms with Crippen LogP contribution in [0.5, 0.6) is 0 Å². The summed E-state index contributed by atoms with van der Waals surface area (Å²) in [7, 11) is 1.50. The predicted molar refractivity (Wildman–Crippen MR) is 76.6 cm³/mol. The SMILES string of the molecule is CCCN(CC(=O)NC)c1ccc([N+](=O)[O-])c(C(=O)O)c1. The molecule has 0 heterocycles. The molecule has 0 radical (unpaired) electrons. The van der Waals surface area contributed by atoms with E-state index in [9.17, 15) is 19.7 Å². The summed E-state index contributed by atoms with van der Waals surface area (Å²) in [5, 5.41) is 22.4. The van der Waals surface area contributed by atoms with Gasteiger partial charge in [0.15, 0.2) is 0 Å². The average molecular weight is 295 g/mol. The number of anilines is 1. The van der Waals surface area contributed by atoms with Gasteiger partial charge < -0.3 is 15.3 Å². The third-order valence-corrected chi connectivity index (χ3v) is 2.88. The van der Waals surface area contributed by atoms with Gasteiger partial charge in [0.1, 0.15) is 5.56 Å². The van der Waals surface area contributed by atoms with Gasteiger partial charge >= 0.3 is 5.97 Å². The van der Waals surface area contributed by atoms with Gasteiger partial charge in [-0.25, -0.2) is 4.79 Å². The highest BCUT2D eigenvalue weighted by molar-refractivity contribution is 5.94. The van der Waals surface area contributed by atoms with Crippen molar-refractivity contribution < 1.29 is 19.6 Å². The van der Waals surface area contributed by atoms with Crippen molar-refractivity contribution in [3.63, 3.8) is 0 Å². The van der Waals surface area contributed by atoms with E-state index in [1.54, 1.807) is 4.90 Å². The van der Waals surface area contributed by atoms with Crippen LogP contribution in [0.1, 0.15) is 23.7 Å². The van der Waals surface area contributed by atoms with Gasteiger partial charge in [0, 0.05) is 25.3 Å². The standard InChI is InChI=1S/C13H17N3O5/c1-3-6-15(8-12(17)14-2)9-4-5-11(16(20)21)10(7-9)13(18)19/h4-5,7H,3,6,8H2,1-2H3,(H,14,17)(H,18,19). The third kappa shape index (κ3) is 4.16. The van der Waals surface area contributed by atoms with Crippen LogP contribution in [0.25, 0.3) is 0 Å².